The van der Waals surface area contributed by atoms with Gasteiger partial charge < -0.3 is 9.67 Å². The summed E-state index contributed by atoms with van der Waals surface area (Å²) in [6, 6.07) is 2.03. The molecule has 0 atom stereocenters. The molecule has 0 unspecified atom stereocenters. The number of hydrogen-bond acceptors (Lipinski definition) is 3. The summed E-state index contributed by atoms with van der Waals surface area (Å²) in [6.45, 7) is 6.35. The van der Waals surface area contributed by atoms with Crippen molar-refractivity contribution in [1.82, 2.24) is 14.5 Å². The van der Waals surface area contributed by atoms with E-state index in [1.807, 2.05) is 18.5 Å². The Labute approximate surface area is 115 Å². The number of aliphatic hydroxyl groups excluding tert-OH is 1. The first-order chi connectivity index (χ1) is 8.72. The summed E-state index contributed by atoms with van der Waals surface area (Å²) in [4.78, 5) is 8.41. The van der Waals surface area contributed by atoms with Crippen molar-refractivity contribution in [3.63, 3.8) is 0 Å². The average molecular weight is 310 g/mol. The van der Waals surface area contributed by atoms with Crippen LogP contribution >= 0.6 is 15.9 Å². The van der Waals surface area contributed by atoms with Crippen LogP contribution in [0.25, 0.3) is 11.2 Å². The standard InChI is InChI=1S/C10H10BrN3.C3H6O/c1-2-3-4-14-7-13-10-9(14)5-8(11)6-12-10;1-2-3-4/h2,5-7H,1,3-4H2;2-4H,1H3/b;3-2+. The molecule has 5 heteroatoms. The number of imidazole rings is 1. The monoisotopic (exact) mass is 309 g/mol. The molecule has 2 aromatic rings. The van der Waals surface area contributed by atoms with E-state index >= 15 is 0 Å². The number of aromatic nitrogens is 3. The summed E-state index contributed by atoms with van der Waals surface area (Å²) < 4.78 is 3.06. The van der Waals surface area contributed by atoms with Crippen molar-refractivity contribution in [3.05, 3.63) is 48.1 Å². The lowest BCUT2D eigenvalue weighted by Crippen LogP contribution is -1.94. The minimum atomic E-state index is 0.789. The molecule has 1 N–H and O–H groups in total. The van der Waals surface area contributed by atoms with Crippen molar-refractivity contribution in [1.29, 1.82) is 0 Å². The second kappa shape index (κ2) is 7.66. The topological polar surface area (TPSA) is 50.9 Å². The zero-order chi connectivity index (χ0) is 13.4. The number of hydrogen-bond donors (Lipinski definition) is 1. The summed E-state index contributed by atoms with van der Waals surface area (Å²) >= 11 is 3.40. The molecule has 18 heavy (non-hydrogen) atoms. The Bertz CT molecular complexity index is 530. The molecule has 0 radical (unpaired) electrons. The Morgan fingerprint density at radius 3 is 2.83 bits per heavy atom. The van der Waals surface area contributed by atoms with Gasteiger partial charge >= 0.3 is 0 Å². The highest BCUT2D eigenvalue weighted by Crippen LogP contribution is 2.16. The number of nitrogens with zero attached hydrogens (tertiary/aromatic N) is 3. The first-order valence-electron chi connectivity index (χ1n) is 5.55. The normalized spacial score (nSPS) is 10.3. The van der Waals surface area contributed by atoms with Gasteiger partial charge in [-0.05, 0) is 35.3 Å². The van der Waals surface area contributed by atoms with Crippen LogP contribution in [0.1, 0.15) is 13.3 Å². The van der Waals surface area contributed by atoms with Gasteiger partial charge in [0.1, 0.15) is 0 Å². The number of fused-ring (bicyclic) bond motifs is 1. The van der Waals surface area contributed by atoms with Gasteiger partial charge in [0.05, 0.1) is 18.1 Å². The number of pyridine rings is 1. The van der Waals surface area contributed by atoms with Gasteiger partial charge in [-0.3, -0.25) is 0 Å². The SMILES string of the molecule is C/C=C/O.C=CCCn1cnc2ncc(Br)cc21. The minimum absolute atomic E-state index is 0.789. The molecule has 0 aliphatic heterocycles. The zero-order valence-corrected chi connectivity index (χ0v) is 11.8. The van der Waals surface area contributed by atoms with E-state index in [2.05, 4.69) is 37.0 Å². The van der Waals surface area contributed by atoms with Crippen LogP contribution in [-0.4, -0.2) is 19.6 Å². The van der Waals surface area contributed by atoms with E-state index < -0.39 is 0 Å². The smallest absolute Gasteiger partial charge is 0.177 e. The van der Waals surface area contributed by atoms with E-state index in [4.69, 9.17) is 5.11 Å². The summed E-state index contributed by atoms with van der Waals surface area (Å²) in [7, 11) is 0. The van der Waals surface area contributed by atoms with Crippen molar-refractivity contribution in [2.45, 2.75) is 19.9 Å². The minimum Gasteiger partial charge on any atom is -0.516 e. The van der Waals surface area contributed by atoms with Gasteiger partial charge in [-0.25, -0.2) is 9.97 Å². The van der Waals surface area contributed by atoms with Gasteiger partial charge in [0.25, 0.3) is 0 Å². The molecule has 96 valence electrons. The second-order valence-corrected chi connectivity index (χ2v) is 4.41. The Kier molecular flexibility index (Phi) is 6.14. The Morgan fingerprint density at radius 2 is 2.22 bits per heavy atom. The molecule has 0 aliphatic rings. The highest BCUT2D eigenvalue weighted by Gasteiger charge is 2.02. The molecular weight excluding hydrogens is 294 g/mol. The molecule has 0 spiro atoms. The first kappa shape index (κ1) is 14.4. The second-order valence-electron chi connectivity index (χ2n) is 3.49. The number of aryl methyl sites for hydroxylation is 1. The van der Waals surface area contributed by atoms with Crippen molar-refractivity contribution in [2.24, 2.45) is 0 Å². The third kappa shape index (κ3) is 4.00. The maximum Gasteiger partial charge on any atom is 0.177 e. The fourth-order valence-corrected chi connectivity index (χ4v) is 1.65. The number of halogens is 1. The van der Waals surface area contributed by atoms with Gasteiger partial charge in [-0.2, -0.15) is 0 Å². The van der Waals surface area contributed by atoms with Gasteiger partial charge in [0.2, 0.25) is 0 Å². The molecule has 0 bridgehead atoms. The van der Waals surface area contributed by atoms with Crippen LogP contribution in [0.15, 0.2) is 48.1 Å². The van der Waals surface area contributed by atoms with E-state index in [1.165, 1.54) is 0 Å². The van der Waals surface area contributed by atoms with Crippen LogP contribution in [0.2, 0.25) is 0 Å². The zero-order valence-electron chi connectivity index (χ0n) is 10.3. The largest absolute Gasteiger partial charge is 0.516 e. The van der Waals surface area contributed by atoms with E-state index in [1.54, 1.807) is 19.2 Å². The van der Waals surface area contributed by atoms with E-state index in [9.17, 15) is 0 Å². The van der Waals surface area contributed by atoms with Gasteiger partial charge in [-0.15, -0.1) is 6.58 Å². The Balaban J connectivity index is 0.000000357. The van der Waals surface area contributed by atoms with Crippen LogP contribution < -0.4 is 0 Å². The summed E-state index contributed by atoms with van der Waals surface area (Å²) in [5.74, 6) is 0. The molecule has 0 saturated heterocycles. The highest BCUT2D eigenvalue weighted by atomic mass is 79.9. The van der Waals surface area contributed by atoms with Gasteiger partial charge in [0.15, 0.2) is 5.65 Å². The molecular formula is C13H16BrN3O. The maximum atomic E-state index is 7.69. The molecule has 2 rings (SSSR count). The van der Waals surface area contributed by atoms with Crippen LogP contribution in [0, 0.1) is 0 Å². The van der Waals surface area contributed by atoms with Crippen molar-refractivity contribution >= 4 is 27.1 Å². The molecule has 0 aromatic carbocycles. The molecule has 0 saturated carbocycles. The molecule has 0 aliphatic carbocycles. The van der Waals surface area contributed by atoms with Crippen LogP contribution in [-0.2, 0) is 6.54 Å². The van der Waals surface area contributed by atoms with E-state index in [0.29, 0.717) is 0 Å². The third-order valence-corrected chi connectivity index (χ3v) is 2.60. The first-order valence-corrected chi connectivity index (χ1v) is 6.35. The summed E-state index contributed by atoms with van der Waals surface area (Å²) in [5.41, 5.74) is 1.85. The number of aliphatic hydroxyl groups is 1. The number of rotatable bonds is 3. The highest BCUT2D eigenvalue weighted by molar-refractivity contribution is 9.10. The van der Waals surface area contributed by atoms with Gasteiger partial charge in [0, 0.05) is 17.2 Å². The fraction of sp³-hybridized carbons (Fsp3) is 0.231. The Hall–Kier alpha value is -1.62. The molecule has 2 aromatic heterocycles. The summed E-state index contributed by atoms with van der Waals surface area (Å²) in [6.07, 6.45) is 8.97. The predicted octanol–water partition coefficient (Wildman–Crippen LogP) is 3.85. The van der Waals surface area contributed by atoms with Crippen LogP contribution in [0.4, 0.5) is 0 Å². The number of allylic oxidation sites excluding steroid dienone is 2. The lowest BCUT2D eigenvalue weighted by molar-refractivity contribution is 0.472. The maximum absolute atomic E-state index is 7.69. The third-order valence-electron chi connectivity index (χ3n) is 2.17. The summed E-state index contributed by atoms with van der Waals surface area (Å²) in [5, 5.41) is 7.69. The quantitative estimate of drug-likeness (QED) is 0.692. The van der Waals surface area contributed by atoms with Crippen molar-refractivity contribution in [3.8, 4) is 0 Å². The Morgan fingerprint density at radius 1 is 1.50 bits per heavy atom. The molecule has 0 fully saturated rings. The average Bonchev–Trinajstić information content (AvgIpc) is 2.79. The lowest BCUT2D eigenvalue weighted by Gasteiger charge is -2.00. The van der Waals surface area contributed by atoms with Crippen LogP contribution in [0.3, 0.4) is 0 Å². The fourth-order valence-electron chi connectivity index (χ4n) is 1.33. The van der Waals surface area contributed by atoms with Crippen molar-refractivity contribution in [2.75, 3.05) is 0 Å². The van der Waals surface area contributed by atoms with Crippen LogP contribution in [0.5, 0.6) is 0 Å². The van der Waals surface area contributed by atoms with E-state index in [-0.39, 0.29) is 0 Å². The lowest BCUT2D eigenvalue weighted by atomic mass is 10.4. The van der Waals surface area contributed by atoms with Gasteiger partial charge in [-0.1, -0.05) is 12.2 Å². The predicted molar refractivity (Wildman–Crippen MR) is 77.5 cm³/mol. The van der Waals surface area contributed by atoms with Crippen molar-refractivity contribution < 1.29 is 5.11 Å². The molecule has 0 amide bonds. The van der Waals surface area contributed by atoms with E-state index in [0.717, 1.165) is 34.9 Å². The molecule has 2 heterocycles. The molecule has 4 nitrogen and oxygen atoms in total.